The molecule has 0 aliphatic carbocycles. The Hall–Kier alpha value is -3.41. The molecule has 3 aromatic rings. The molecular weight excluding hydrogens is 392 g/mol. The minimum absolute atomic E-state index is 0.269. The molecule has 6 heteroatoms. The predicted molar refractivity (Wildman–Crippen MR) is 120 cm³/mol. The molecule has 0 fully saturated rings. The van der Waals surface area contributed by atoms with E-state index < -0.39 is 5.97 Å². The molecule has 1 heterocycles. The van der Waals surface area contributed by atoms with Crippen LogP contribution in [-0.2, 0) is 22.5 Å². The second kappa shape index (κ2) is 10.1. The van der Waals surface area contributed by atoms with Gasteiger partial charge in [-0.15, -0.1) is 0 Å². The maximum absolute atomic E-state index is 12.9. The topological polar surface area (TPSA) is 68.7 Å². The predicted octanol–water partition coefficient (Wildman–Crippen LogP) is 4.32. The number of amides is 1. The molecule has 0 N–H and O–H groups in total. The van der Waals surface area contributed by atoms with Crippen LogP contribution < -0.4 is 4.74 Å². The van der Waals surface area contributed by atoms with Gasteiger partial charge in [0.1, 0.15) is 5.75 Å². The zero-order valence-electron chi connectivity index (χ0n) is 18.5. The largest absolute Gasteiger partial charge is 0.494 e. The van der Waals surface area contributed by atoms with Crippen LogP contribution in [0.3, 0.4) is 0 Å². The normalized spacial score (nSPS) is 10.7. The van der Waals surface area contributed by atoms with E-state index in [1.807, 2.05) is 69.3 Å². The number of nitrogens with zero attached hydrogens (tertiary/aromatic N) is 2. The third-order valence-electron chi connectivity index (χ3n) is 5.18. The van der Waals surface area contributed by atoms with Gasteiger partial charge in [-0.2, -0.15) is 0 Å². The number of likely N-dealkylation sites (N-methyl/N-ethyl adjacent to an activating group) is 1. The van der Waals surface area contributed by atoms with E-state index in [1.165, 1.54) is 4.90 Å². The summed E-state index contributed by atoms with van der Waals surface area (Å²) >= 11 is 0. The third kappa shape index (κ3) is 5.20. The summed E-state index contributed by atoms with van der Waals surface area (Å²) in [7, 11) is 1.69. The van der Waals surface area contributed by atoms with Crippen LogP contribution in [0.5, 0.6) is 5.75 Å². The van der Waals surface area contributed by atoms with Gasteiger partial charge in [-0.25, -0.2) is 4.79 Å². The average molecular weight is 421 g/mol. The number of carbonyl (C=O) groups excluding carboxylic acids is 2. The van der Waals surface area contributed by atoms with Gasteiger partial charge in [-0.05, 0) is 49.6 Å². The van der Waals surface area contributed by atoms with Gasteiger partial charge < -0.3 is 14.4 Å². The zero-order chi connectivity index (χ0) is 22.4. The molecule has 0 unspecified atom stereocenters. The van der Waals surface area contributed by atoms with Gasteiger partial charge in [-0.3, -0.25) is 9.78 Å². The highest BCUT2D eigenvalue weighted by molar-refractivity contribution is 6.05. The fourth-order valence-corrected chi connectivity index (χ4v) is 3.49. The molecule has 3 rings (SSSR count). The van der Waals surface area contributed by atoms with E-state index in [-0.39, 0.29) is 12.5 Å². The average Bonchev–Trinajstić information content (AvgIpc) is 2.78. The summed E-state index contributed by atoms with van der Waals surface area (Å²) in [5, 5.41) is 0.734. The van der Waals surface area contributed by atoms with Crippen LogP contribution in [-0.4, -0.2) is 42.0 Å². The summed E-state index contributed by atoms with van der Waals surface area (Å²) in [6.07, 6.45) is 0.709. The van der Waals surface area contributed by atoms with Crippen molar-refractivity contribution in [3.8, 4) is 5.75 Å². The van der Waals surface area contributed by atoms with Crippen molar-refractivity contribution in [2.75, 3.05) is 20.3 Å². The lowest BCUT2D eigenvalue weighted by atomic mass is 10.0. The fourth-order valence-electron chi connectivity index (χ4n) is 3.49. The molecule has 162 valence electrons. The molecule has 0 saturated heterocycles. The summed E-state index contributed by atoms with van der Waals surface area (Å²) in [4.78, 5) is 31.6. The van der Waals surface area contributed by atoms with Gasteiger partial charge in [0.2, 0.25) is 0 Å². The van der Waals surface area contributed by atoms with E-state index in [4.69, 9.17) is 9.47 Å². The first-order valence-electron chi connectivity index (χ1n) is 10.5. The van der Waals surface area contributed by atoms with Gasteiger partial charge in [-0.1, -0.05) is 37.3 Å². The van der Waals surface area contributed by atoms with E-state index in [0.29, 0.717) is 25.1 Å². The van der Waals surface area contributed by atoms with Crippen LogP contribution >= 0.6 is 0 Å². The molecular formula is C25H28N2O4. The summed E-state index contributed by atoms with van der Waals surface area (Å²) < 4.78 is 10.8. The quantitative estimate of drug-likeness (QED) is 0.508. The number of fused-ring (bicyclic) bond motifs is 1. The molecule has 0 radical (unpaired) electrons. The van der Waals surface area contributed by atoms with Gasteiger partial charge in [0, 0.05) is 24.7 Å². The van der Waals surface area contributed by atoms with E-state index >= 15 is 0 Å². The summed E-state index contributed by atoms with van der Waals surface area (Å²) in [6, 6.07) is 15.1. The molecule has 1 aromatic heterocycles. The standard InChI is InChI=1S/C25H28N2O4/c1-5-21-17(3)24(20-9-7-8-10-22(20)26-21)25(29)31-16-23(28)27(4)15-18-11-13-19(14-12-18)30-6-2/h7-14H,5-6,15-16H2,1-4H3. The van der Waals surface area contributed by atoms with Crippen molar-refractivity contribution in [3.63, 3.8) is 0 Å². The number of rotatable bonds is 8. The summed E-state index contributed by atoms with van der Waals surface area (Å²) in [5.41, 5.74) is 3.83. The van der Waals surface area contributed by atoms with Gasteiger partial charge in [0.05, 0.1) is 17.7 Å². The maximum Gasteiger partial charge on any atom is 0.339 e. The SMILES string of the molecule is CCOc1ccc(CN(C)C(=O)COC(=O)c2c(C)c(CC)nc3ccccc23)cc1. The lowest BCUT2D eigenvalue weighted by Crippen LogP contribution is -2.31. The molecule has 0 aliphatic heterocycles. The number of aryl methyl sites for hydroxylation is 1. The van der Waals surface area contributed by atoms with Crippen LogP contribution in [0.2, 0.25) is 0 Å². The smallest absolute Gasteiger partial charge is 0.339 e. The number of hydrogen-bond donors (Lipinski definition) is 0. The van der Waals surface area contributed by atoms with E-state index in [1.54, 1.807) is 7.05 Å². The molecule has 6 nitrogen and oxygen atoms in total. The molecule has 2 aromatic carbocycles. The second-order valence-corrected chi connectivity index (χ2v) is 7.33. The van der Waals surface area contributed by atoms with E-state index in [9.17, 15) is 9.59 Å². The van der Waals surface area contributed by atoms with E-state index in [0.717, 1.165) is 33.5 Å². The Labute approximate surface area is 182 Å². The highest BCUT2D eigenvalue weighted by Crippen LogP contribution is 2.24. The minimum atomic E-state index is -0.506. The zero-order valence-corrected chi connectivity index (χ0v) is 18.5. The van der Waals surface area contributed by atoms with Crippen LogP contribution in [0, 0.1) is 6.92 Å². The Morgan fingerprint density at radius 1 is 1.03 bits per heavy atom. The fraction of sp³-hybridized carbons (Fsp3) is 0.320. The van der Waals surface area contributed by atoms with Gasteiger partial charge in [0.25, 0.3) is 5.91 Å². The maximum atomic E-state index is 12.9. The number of hydrogen-bond acceptors (Lipinski definition) is 5. The number of carbonyl (C=O) groups is 2. The van der Waals surface area contributed by atoms with Crippen molar-refractivity contribution >= 4 is 22.8 Å². The molecule has 0 aliphatic rings. The van der Waals surface area contributed by atoms with Crippen LogP contribution in [0.4, 0.5) is 0 Å². The van der Waals surface area contributed by atoms with Crippen molar-refractivity contribution in [3.05, 3.63) is 70.9 Å². The van der Waals surface area contributed by atoms with Crippen LogP contribution in [0.15, 0.2) is 48.5 Å². The highest BCUT2D eigenvalue weighted by Gasteiger charge is 2.20. The Morgan fingerprint density at radius 2 is 1.74 bits per heavy atom. The molecule has 0 atom stereocenters. The Morgan fingerprint density at radius 3 is 2.42 bits per heavy atom. The molecule has 31 heavy (non-hydrogen) atoms. The van der Waals surface area contributed by atoms with Gasteiger partial charge >= 0.3 is 5.97 Å². The number of ether oxygens (including phenoxy) is 2. The number of esters is 1. The summed E-state index contributed by atoms with van der Waals surface area (Å²) in [6.45, 7) is 6.51. The first kappa shape index (κ1) is 22.3. The molecule has 0 spiro atoms. The Bertz CT molecular complexity index is 1080. The molecule has 1 amide bonds. The third-order valence-corrected chi connectivity index (χ3v) is 5.18. The van der Waals surface area contributed by atoms with Crippen molar-refractivity contribution in [1.29, 1.82) is 0 Å². The van der Waals surface area contributed by atoms with Crippen molar-refractivity contribution < 1.29 is 19.1 Å². The Kier molecular flexibility index (Phi) is 7.23. The first-order chi connectivity index (χ1) is 14.9. The number of benzene rings is 2. The van der Waals surface area contributed by atoms with Crippen molar-refractivity contribution in [2.24, 2.45) is 0 Å². The highest BCUT2D eigenvalue weighted by atomic mass is 16.5. The lowest BCUT2D eigenvalue weighted by Gasteiger charge is -2.18. The monoisotopic (exact) mass is 420 g/mol. The van der Waals surface area contributed by atoms with Gasteiger partial charge in [0.15, 0.2) is 6.61 Å². The van der Waals surface area contributed by atoms with Crippen LogP contribution in [0.1, 0.15) is 41.0 Å². The summed E-state index contributed by atoms with van der Waals surface area (Å²) in [5.74, 6) is 0.0168. The number of para-hydroxylation sites is 1. The Balaban J connectivity index is 1.67. The van der Waals surface area contributed by atoms with Crippen molar-refractivity contribution in [1.82, 2.24) is 9.88 Å². The minimum Gasteiger partial charge on any atom is -0.494 e. The van der Waals surface area contributed by atoms with E-state index in [2.05, 4.69) is 4.98 Å². The number of aromatic nitrogens is 1. The first-order valence-corrected chi connectivity index (χ1v) is 10.5. The lowest BCUT2D eigenvalue weighted by molar-refractivity contribution is -0.133. The van der Waals surface area contributed by atoms with Crippen molar-refractivity contribution in [2.45, 2.75) is 33.7 Å². The van der Waals surface area contributed by atoms with Crippen LogP contribution in [0.25, 0.3) is 10.9 Å². The second-order valence-electron chi connectivity index (χ2n) is 7.33. The number of pyridine rings is 1. The molecule has 0 bridgehead atoms. The molecule has 0 saturated carbocycles.